The van der Waals surface area contributed by atoms with Crippen LogP contribution in [0.25, 0.3) is 0 Å². The highest BCUT2D eigenvalue weighted by Gasteiger charge is 2.25. The maximum absolute atomic E-state index is 12.0. The van der Waals surface area contributed by atoms with Crippen molar-refractivity contribution in [3.8, 4) is 5.75 Å². The molecule has 0 radical (unpaired) electrons. The fourth-order valence-electron chi connectivity index (χ4n) is 2.08. The van der Waals surface area contributed by atoms with Gasteiger partial charge in [-0.1, -0.05) is 20.3 Å². The molecule has 0 saturated carbocycles. The van der Waals surface area contributed by atoms with Crippen molar-refractivity contribution >= 4 is 17.7 Å². The van der Waals surface area contributed by atoms with Crippen molar-refractivity contribution in [2.75, 3.05) is 12.2 Å². The molecule has 0 aromatic heterocycles. The average Bonchev–Trinajstić information content (AvgIpc) is 2.47. The summed E-state index contributed by atoms with van der Waals surface area (Å²) >= 11 is 0. The lowest BCUT2D eigenvalue weighted by Gasteiger charge is -2.21. The van der Waals surface area contributed by atoms with Gasteiger partial charge in [0.1, 0.15) is 11.8 Å². The zero-order chi connectivity index (χ0) is 16.5. The minimum Gasteiger partial charge on any atom is -0.480 e. The van der Waals surface area contributed by atoms with E-state index in [2.05, 4.69) is 15.4 Å². The van der Waals surface area contributed by atoms with E-state index in [1.807, 2.05) is 6.92 Å². The number of urea groups is 1. The summed E-state index contributed by atoms with van der Waals surface area (Å²) in [5.41, 5.74) is 0.455. The second-order valence-corrected chi connectivity index (χ2v) is 4.96. The number of carbonyl (C=O) groups excluding carboxylic acids is 1. The molecule has 122 valence electrons. The van der Waals surface area contributed by atoms with Gasteiger partial charge in [-0.15, -0.1) is 0 Å². The molecule has 0 fully saturated rings. The van der Waals surface area contributed by atoms with Crippen molar-refractivity contribution in [2.45, 2.75) is 32.7 Å². The van der Waals surface area contributed by atoms with Crippen LogP contribution in [0.4, 0.5) is 14.9 Å². The fourth-order valence-corrected chi connectivity index (χ4v) is 2.08. The summed E-state index contributed by atoms with van der Waals surface area (Å²) in [5, 5.41) is 14.2. The van der Waals surface area contributed by atoms with Gasteiger partial charge in [0.15, 0.2) is 0 Å². The van der Waals surface area contributed by atoms with Gasteiger partial charge >= 0.3 is 12.0 Å². The van der Waals surface area contributed by atoms with E-state index in [4.69, 9.17) is 0 Å². The average molecular weight is 312 g/mol. The van der Waals surface area contributed by atoms with Gasteiger partial charge in [-0.05, 0) is 36.6 Å². The summed E-state index contributed by atoms with van der Waals surface area (Å²) in [5.74, 6) is -0.898. The van der Waals surface area contributed by atoms with Crippen molar-refractivity contribution in [2.24, 2.45) is 5.92 Å². The molecule has 1 aromatic rings. The number of aliphatic carboxylic acids is 1. The molecule has 0 heterocycles. The lowest BCUT2D eigenvalue weighted by molar-refractivity contribution is -0.140. The van der Waals surface area contributed by atoms with Crippen LogP contribution in [0.15, 0.2) is 24.3 Å². The number of hydrogen-bond acceptors (Lipinski definition) is 3. The van der Waals surface area contributed by atoms with Crippen LogP contribution in [0.2, 0.25) is 0 Å². The topological polar surface area (TPSA) is 87.7 Å². The highest BCUT2D eigenvalue weighted by atomic mass is 19.1. The van der Waals surface area contributed by atoms with Crippen LogP contribution in [0.5, 0.6) is 5.75 Å². The predicted molar refractivity (Wildman–Crippen MR) is 80.7 cm³/mol. The van der Waals surface area contributed by atoms with Gasteiger partial charge in [0.2, 0.25) is 6.86 Å². The molecule has 0 spiro atoms. The van der Waals surface area contributed by atoms with E-state index in [0.717, 1.165) is 6.42 Å². The van der Waals surface area contributed by atoms with Crippen molar-refractivity contribution in [3.05, 3.63) is 24.3 Å². The number of ether oxygens (including phenoxy) is 1. The lowest BCUT2D eigenvalue weighted by Crippen LogP contribution is -2.46. The molecule has 0 bridgehead atoms. The Hall–Kier alpha value is -2.31. The predicted octanol–water partition coefficient (Wildman–Crippen LogP) is 3.00. The smallest absolute Gasteiger partial charge is 0.326 e. The van der Waals surface area contributed by atoms with E-state index < -0.39 is 24.9 Å². The number of carboxylic acid groups (broad SMARTS) is 1. The quantitative estimate of drug-likeness (QED) is 0.688. The van der Waals surface area contributed by atoms with Crippen LogP contribution in [-0.2, 0) is 4.79 Å². The Morgan fingerprint density at radius 3 is 2.45 bits per heavy atom. The molecule has 2 atom stereocenters. The van der Waals surface area contributed by atoms with E-state index >= 15 is 0 Å². The van der Waals surface area contributed by atoms with Crippen LogP contribution in [-0.4, -0.2) is 30.0 Å². The molecular weight excluding hydrogens is 291 g/mol. The first-order chi connectivity index (χ1) is 10.5. The Balaban J connectivity index is 2.61. The lowest BCUT2D eigenvalue weighted by atomic mass is 9.97. The molecule has 0 aliphatic rings. The molecule has 3 N–H and O–H groups in total. The van der Waals surface area contributed by atoms with Gasteiger partial charge in [0.05, 0.1) is 0 Å². The normalized spacial score (nSPS) is 13.0. The van der Waals surface area contributed by atoms with E-state index in [-0.39, 0.29) is 5.92 Å². The number of amides is 2. The monoisotopic (exact) mass is 312 g/mol. The first-order valence-electron chi connectivity index (χ1n) is 7.07. The first kappa shape index (κ1) is 17.7. The molecule has 2 amide bonds. The number of benzene rings is 1. The van der Waals surface area contributed by atoms with Crippen LogP contribution >= 0.6 is 0 Å². The van der Waals surface area contributed by atoms with E-state index in [9.17, 15) is 19.1 Å². The maximum atomic E-state index is 12.0. The number of halogens is 1. The van der Waals surface area contributed by atoms with Gasteiger partial charge in [0.25, 0.3) is 0 Å². The second kappa shape index (κ2) is 8.86. The van der Waals surface area contributed by atoms with Crippen molar-refractivity contribution in [1.82, 2.24) is 5.32 Å². The molecule has 22 heavy (non-hydrogen) atoms. The SMILES string of the molecule is CCCC(C)C(NC(=O)Nc1ccc(OCF)cc1)C(=O)O. The van der Waals surface area contributed by atoms with Crippen molar-refractivity contribution in [1.29, 1.82) is 0 Å². The summed E-state index contributed by atoms with van der Waals surface area (Å²) in [6, 6.07) is 4.53. The van der Waals surface area contributed by atoms with E-state index in [0.29, 0.717) is 17.9 Å². The minimum atomic E-state index is -1.07. The van der Waals surface area contributed by atoms with Gasteiger partial charge in [-0.2, -0.15) is 0 Å². The molecule has 7 heteroatoms. The Bertz CT molecular complexity index is 493. The number of anilines is 1. The molecule has 6 nitrogen and oxygen atoms in total. The number of nitrogens with one attached hydrogen (secondary N) is 2. The zero-order valence-corrected chi connectivity index (χ0v) is 12.6. The molecular formula is C15H21FN2O4. The highest BCUT2D eigenvalue weighted by Crippen LogP contribution is 2.16. The summed E-state index contributed by atoms with van der Waals surface area (Å²) in [6.07, 6.45) is 1.54. The van der Waals surface area contributed by atoms with Gasteiger partial charge < -0.3 is 20.5 Å². The molecule has 1 aromatic carbocycles. The maximum Gasteiger partial charge on any atom is 0.326 e. The molecule has 0 saturated heterocycles. The minimum absolute atomic E-state index is 0.173. The molecule has 0 aliphatic heterocycles. The fraction of sp³-hybridized carbons (Fsp3) is 0.467. The van der Waals surface area contributed by atoms with Crippen molar-refractivity contribution in [3.63, 3.8) is 0 Å². The molecule has 1 rings (SSSR count). The van der Waals surface area contributed by atoms with Crippen LogP contribution in [0.3, 0.4) is 0 Å². The number of rotatable bonds is 8. The Morgan fingerprint density at radius 2 is 1.95 bits per heavy atom. The number of hydrogen-bond donors (Lipinski definition) is 3. The Kier molecular flexibility index (Phi) is 7.15. The Labute approximate surface area is 128 Å². The number of carboxylic acids is 1. The zero-order valence-electron chi connectivity index (χ0n) is 12.6. The van der Waals surface area contributed by atoms with Crippen LogP contribution in [0, 0.1) is 5.92 Å². The van der Waals surface area contributed by atoms with Crippen molar-refractivity contribution < 1.29 is 23.8 Å². The van der Waals surface area contributed by atoms with Gasteiger partial charge in [0, 0.05) is 5.69 Å². The third kappa shape index (κ3) is 5.59. The summed E-state index contributed by atoms with van der Waals surface area (Å²) < 4.78 is 16.6. The number of carbonyl (C=O) groups is 2. The van der Waals surface area contributed by atoms with E-state index in [1.54, 1.807) is 6.92 Å². The largest absolute Gasteiger partial charge is 0.480 e. The summed E-state index contributed by atoms with van der Waals surface area (Å²) in [7, 11) is 0. The second-order valence-electron chi connectivity index (χ2n) is 4.96. The third-order valence-corrected chi connectivity index (χ3v) is 3.20. The summed E-state index contributed by atoms with van der Waals surface area (Å²) in [6.45, 7) is 2.81. The highest BCUT2D eigenvalue weighted by molar-refractivity contribution is 5.92. The van der Waals surface area contributed by atoms with E-state index in [1.165, 1.54) is 24.3 Å². The first-order valence-corrected chi connectivity index (χ1v) is 7.07. The standard InChI is InChI=1S/C15H21FN2O4/c1-3-4-10(2)13(14(19)20)18-15(21)17-11-5-7-12(8-6-11)22-9-16/h5-8,10,13H,3-4,9H2,1-2H3,(H,19,20)(H2,17,18,21). The molecule has 0 aliphatic carbocycles. The summed E-state index contributed by atoms with van der Waals surface area (Å²) in [4.78, 5) is 23.1. The Morgan fingerprint density at radius 1 is 1.32 bits per heavy atom. The van der Waals surface area contributed by atoms with Gasteiger partial charge in [-0.25, -0.2) is 14.0 Å². The number of alkyl halides is 1. The van der Waals surface area contributed by atoms with Crippen LogP contribution in [0.1, 0.15) is 26.7 Å². The van der Waals surface area contributed by atoms with Crippen LogP contribution < -0.4 is 15.4 Å². The third-order valence-electron chi connectivity index (χ3n) is 3.20. The molecule has 2 unspecified atom stereocenters. The van der Waals surface area contributed by atoms with Gasteiger partial charge in [-0.3, -0.25) is 0 Å².